The van der Waals surface area contributed by atoms with E-state index in [1.54, 1.807) is 0 Å². The van der Waals surface area contributed by atoms with Crippen molar-refractivity contribution in [3.63, 3.8) is 0 Å². The third-order valence-corrected chi connectivity index (χ3v) is 3.83. The van der Waals surface area contributed by atoms with Crippen LogP contribution in [0.3, 0.4) is 0 Å². The van der Waals surface area contributed by atoms with Gasteiger partial charge in [-0.2, -0.15) is 0 Å². The van der Waals surface area contributed by atoms with E-state index in [2.05, 4.69) is 21.2 Å². The minimum absolute atomic E-state index is 0.0205. The van der Waals surface area contributed by atoms with Crippen molar-refractivity contribution in [3.8, 4) is 11.5 Å². The molecule has 1 aromatic carbocycles. The van der Waals surface area contributed by atoms with Crippen LogP contribution < -0.4 is 20.5 Å². The predicted molar refractivity (Wildman–Crippen MR) is 84.4 cm³/mol. The maximum Gasteiger partial charge on any atom is 0.257 e. The molecule has 2 rings (SSSR count). The zero-order valence-corrected chi connectivity index (χ0v) is 13.7. The number of hydrogen-bond acceptors (Lipinski definition) is 4. The quantitative estimate of drug-likeness (QED) is 0.748. The second-order valence-electron chi connectivity index (χ2n) is 5.08. The predicted octanol–water partition coefficient (Wildman–Crippen LogP) is 2.21. The number of carbonyl (C=O) groups excluding carboxylic acids is 1. The molecule has 5 nitrogen and oxygen atoms in total. The van der Waals surface area contributed by atoms with Gasteiger partial charge in [0.2, 0.25) is 0 Å². The van der Waals surface area contributed by atoms with Crippen molar-refractivity contribution in [1.29, 1.82) is 0 Å². The maximum atomic E-state index is 11.7. The van der Waals surface area contributed by atoms with E-state index in [1.807, 2.05) is 19.1 Å². The molecule has 21 heavy (non-hydrogen) atoms. The monoisotopic (exact) mass is 356 g/mol. The fourth-order valence-electron chi connectivity index (χ4n) is 1.91. The molecule has 1 fully saturated rings. The molecule has 1 saturated carbocycles. The first-order chi connectivity index (χ1) is 10.1. The van der Waals surface area contributed by atoms with Gasteiger partial charge in [-0.05, 0) is 59.3 Å². The fraction of sp³-hybridized carbons (Fsp3) is 0.533. The number of nitrogens with one attached hydrogen (secondary N) is 1. The fourth-order valence-corrected chi connectivity index (χ4v) is 2.52. The summed E-state index contributed by atoms with van der Waals surface area (Å²) in [6, 6.07) is 3.71. The molecule has 0 atom stereocenters. The summed E-state index contributed by atoms with van der Waals surface area (Å²) in [5, 5.41) is 2.87. The molecular formula is C15H21BrN2O3. The van der Waals surface area contributed by atoms with Gasteiger partial charge in [-0.25, -0.2) is 0 Å². The van der Waals surface area contributed by atoms with Gasteiger partial charge in [0.1, 0.15) is 0 Å². The number of ether oxygens (including phenoxy) is 2. The Morgan fingerprint density at radius 2 is 2.19 bits per heavy atom. The Morgan fingerprint density at radius 3 is 2.81 bits per heavy atom. The van der Waals surface area contributed by atoms with Crippen LogP contribution >= 0.6 is 15.9 Å². The Hall–Kier alpha value is -1.27. The van der Waals surface area contributed by atoms with Gasteiger partial charge >= 0.3 is 0 Å². The highest BCUT2D eigenvalue weighted by Crippen LogP contribution is 2.36. The van der Waals surface area contributed by atoms with Crippen molar-refractivity contribution >= 4 is 21.8 Å². The number of amides is 1. The summed E-state index contributed by atoms with van der Waals surface area (Å²) in [7, 11) is 0. The summed E-state index contributed by atoms with van der Waals surface area (Å²) in [5.41, 5.74) is 6.59. The molecule has 3 N–H and O–H groups in total. The van der Waals surface area contributed by atoms with Gasteiger partial charge in [0.25, 0.3) is 5.91 Å². The van der Waals surface area contributed by atoms with Crippen LogP contribution in [-0.2, 0) is 11.3 Å². The van der Waals surface area contributed by atoms with Crippen LogP contribution in [0.5, 0.6) is 11.5 Å². The molecule has 0 bridgehead atoms. The van der Waals surface area contributed by atoms with E-state index < -0.39 is 0 Å². The molecular weight excluding hydrogens is 336 g/mol. The van der Waals surface area contributed by atoms with E-state index in [9.17, 15) is 4.79 Å². The zero-order chi connectivity index (χ0) is 15.2. The van der Waals surface area contributed by atoms with Gasteiger partial charge in [-0.3, -0.25) is 4.79 Å². The van der Waals surface area contributed by atoms with E-state index in [0.29, 0.717) is 30.6 Å². The van der Waals surface area contributed by atoms with Crippen LogP contribution in [0.15, 0.2) is 16.6 Å². The Kier molecular flexibility index (Phi) is 5.87. The average Bonchev–Trinajstić information content (AvgIpc) is 3.28. The standard InChI is InChI=1S/C15H21BrN2O3/c1-2-20-13-6-11(7-17)5-12(16)15(13)21-9-14(19)18-8-10-3-4-10/h5-6,10H,2-4,7-9,17H2,1H3,(H,18,19). The van der Waals surface area contributed by atoms with Crippen molar-refractivity contribution < 1.29 is 14.3 Å². The van der Waals surface area contributed by atoms with Crippen molar-refractivity contribution in [1.82, 2.24) is 5.32 Å². The smallest absolute Gasteiger partial charge is 0.257 e. The Labute approximate surface area is 133 Å². The first-order valence-corrected chi connectivity index (χ1v) is 7.98. The van der Waals surface area contributed by atoms with Crippen molar-refractivity contribution in [2.45, 2.75) is 26.3 Å². The SMILES string of the molecule is CCOc1cc(CN)cc(Br)c1OCC(=O)NCC1CC1. The van der Waals surface area contributed by atoms with Crippen molar-refractivity contribution in [2.75, 3.05) is 19.8 Å². The molecule has 0 aromatic heterocycles. The van der Waals surface area contributed by atoms with Gasteiger partial charge in [0.15, 0.2) is 18.1 Å². The number of nitrogens with two attached hydrogens (primary N) is 1. The van der Waals surface area contributed by atoms with Crippen LogP contribution in [0, 0.1) is 5.92 Å². The zero-order valence-electron chi connectivity index (χ0n) is 12.2. The summed E-state index contributed by atoms with van der Waals surface area (Å²) in [6.45, 7) is 3.56. The van der Waals surface area contributed by atoms with Crippen LogP contribution in [0.2, 0.25) is 0 Å². The molecule has 0 spiro atoms. The van der Waals surface area contributed by atoms with Crippen LogP contribution in [0.4, 0.5) is 0 Å². The molecule has 0 aliphatic heterocycles. The average molecular weight is 357 g/mol. The summed E-state index contributed by atoms with van der Waals surface area (Å²) < 4.78 is 11.9. The number of halogens is 1. The lowest BCUT2D eigenvalue weighted by molar-refractivity contribution is -0.123. The summed E-state index contributed by atoms with van der Waals surface area (Å²) in [4.78, 5) is 11.7. The minimum Gasteiger partial charge on any atom is -0.490 e. The lowest BCUT2D eigenvalue weighted by Gasteiger charge is -2.15. The number of hydrogen-bond donors (Lipinski definition) is 2. The third-order valence-electron chi connectivity index (χ3n) is 3.24. The third kappa shape index (κ3) is 4.89. The van der Waals surface area contributed by atoms with Crippen LogP contribution in [0.25, 0.3) is 0 Å². The summed E-state index contributed by atoms with van der Waals surface area (Å²) in [6.07, 6.45) is 2.42. The summed E-state index contributed by atoms with van der Waals surface area (Å²) >= 11 is 3.44. The largest absolute Gasteiger partial charge is 0.490 e. The summed E-state index contributed by atoms with van der Waals surface area (Å²) in [5.74, 6) is 1.68. The second-order valence-corrected chi connectivity index (χ2v) is 5.93. The Balaban J connectivity index is 1.97. The number of benzene rings is 1. The number of carbonyl (C=O) groups is 1. The molecule has 0 heterocycles. The molecule has 1 amide bonds. The highest BCUT2D eigenvalue weighted by Gasteiger charge is 2.22. The van der Waals surface area contributed by atoms with Gasteiger partial charge in [-0.1, -0.05) is 0 Å². The van der Waals surface area contributed by atoms with Crippen LogP contribution in [-0.4, -0.2) is 25.7 Å². The molecule has 1 aliphatic carbocycles. The first-order valence-electron chi connectivity index (χ1n) is 7.18. The molecule has 116 valence electrons. The van der Waals surface area contributed by atoms with Gasteiger partial charge < -0.3 is 20.5 Å². The van der Waals surface area contributed by atoms with E-state index in [4.69, 9.17) is 15.2 Å². The van der Waals surface area contributed by atoms with Crippen LogP contribution in [0.1, 0.15) is 25.3 Å². The van der Waals surface area contributed by atoms with Gasteiger partial charge in [-0.15, -0.1) is 0 Å². The highest BCUT2D eigenvalue weighted by atomic mass is 79.9. The van der Waals surface area contributed by atoms with Crippen molar-refractivity contribution in [2.24, 2.45) is 11.7 Å². The molecule has 0 unspecified atom stereocenters. The molecule has 0 radical (unpaired) electrons. The van der Waals surface area contributed by atoms with E-state index in [1.165, 1.54) is 12.8 Å². The maximum absolute atomic E-state index is 11.7. The van der Waals surface area contributed by atoms with E-state index >= 15 is 0 Å². The lowest BCUT2D eigenvalue weighted by Crippen LogP contribution is -2.30. The van der Waals surface area contributed by atoms with Gasteiger partial charge in [0, 0.05) is 13.1 Å². The highest BCUT2D eigenvalue weighted by molar-refractivity contribution is 9.10. The minimum atomic E-state index is -0.112. The Bertz CT molecular complexity index is 504. The molecule has 6 heteroatoms. The topological polar surface area (TPSA) is 73.6 Å². The molecule has 1 aromatic rings. The van der Waals surface area contributed by atoms with Gasteiger partial charge in [0.05, 0.1) is 11.1 Å². The Morgan fingerprint density at radius 1 is 1.43 bits per heavy atom. The van der Waals surface area contributed by atoms with Crippen molar-refractivity contribution in [3.05, 3.63) is 22.2 Å². The normalized spacial score (nSPS) is 13.9. The second kappa shape index (κ2) is 7.66. The molecule has 0 saturated heterocycles. The van der Waals surface area contributed by atoms with E-state index in [0.717, 1.165) is 16.6 Å². The molecule has 1 aliphatic rings. The lowest BCUT2D eigenvalue weighted by atomic mass is 10.2. The number of rotatable bonds is 8. The van der Waals surface area contributed by atoms with E-state index in [-0.39, 0.29) is 12.5 Å². The first kappa shape index (κ1) is 16.1.